The van der Waals surface area contributed by atoms with Crippen LogP contribution in [0.15, 0.2) is 24.3 Å². The molecule has 0 aromatic heterocycles. The molecule has 1 amide bonds. The molecule has 1 rings (SSSR count). The normalized spacial score (nSPS) is 12.2. The van der Waals surface area contributed by atoms with Gasteiger partial charge in [-0.15, -0.1) is 0 Å². The molecule has 5 heteroatoms. The summed E-state index contributed by atoms with van der Waals surface area (Å²) < 4.78 is 10.2. The van der Waals surface area contributed by atoms with Crippen LogP contribution in [-0.4, -0.2) is 45.9 Å². The molecule has 106 valence electrons. The Morgan fingerprint density at radius 1 is 1.26 bits per heavy atom. The van der Waals surface area contributed by atoms with Crippen molar-refractivity contribution >= 4 is 11.6 Å². The van der Waals surface area contributed by atoms with Crippen LogP contribution >= 0.6 is 0 Å². The van der Waals surface area contributed by atoms with E-state index in [1.807, 2.05) is 31.2 Å². The van der Waals surface area contributed by atoms with Gasteiger partial charge in [0.05, 0.1) is 19.3 Å². The van der Waals surface area contributed by atoms with Crippen LogP contribution in [0.2, 0.25) is 0 Å². The van der Waals surface area contributed by atoms with Gasteiger partial charge in [0.25, 0.3) is 0 Å². The first-order valence-corrected chi connectivity index (χ1v) is 6.24. The Morgan fingerprint density at radius 3 is 2.53 bits per heavy atom. The smallest absolute Gasteiger partial charge is 0.238 e. The van der Waals surface area contributed by atoms with Crippen molar-refractivity contribution in [3.8, 4) is 0 Å². The first-order valence-electron chi connectivity index (χ1n) is 6.24. The maximum absolute atomic E-state index is 11.7. The minimum Gasteiger partial charge on any atom is -0.382 e. The summed E-state index contributed by atoms with van der Waals surface area (Å²) >= 11 is 0. The average Bonchev–Trinajstić information content (AvgIpc) is 2.40. The quantitative estimate of drug-likeness (QED) is 0.742. The van der Waals surface area contributed by atoms with E-state index >= 15 is 0 Å². The lowest BCUT2D eigenvalue weighted by atomic mass is 10.2. The van der Waals surface area contributed by atoms with Crippen molar-refractivity contribution < 1.29 is 14.3 Å². The number of rotatable bonds is 8. The van der Waals surface area contributed by atoms with Crippen molar-refractivity contribution in [1.82, 2.24) is 5.32 Å². The van der Waals surface area contributed by atoms with Gasteiger partial charge in [-0.05, 0) is 19.1 Å². The third kappa shape index (κ3) is 6.33. The van der Waals surface area contributed by atoms with Crippen LogP contribution in [-0.2, 0) is 14.3 Å². The zero-order valence-electron chi connectivity index (χ0n) is 11.7. The molecular weight excluding hydrogens is 244 g/mol. The van der Waals surface area contributed by atoms with Crippen LogP contribution in [0.5, 0.6) is 0 Å². The van der Waals surface area contributed by atoms with Gasteiger partial charge in [-0.2, -0.15) is 0 Å². The van der Waals surface area contributed by atoms with E-state index in [-0.39, 0.29) is 18.6 Å². The lowest BCUT2D eigenvalue weighted by Crippen LogP contribution is -2.36. The topological polar surface area (TPSA) is 59.6 Å². The Labute approximate surface area is 114 Å². The fourth-order valence-corrected chi connectivity index (χ4v) is 1.58. The summed E-state index contributed by atoms with van der Waals surface area (Å²) in [4.78, 5) is 11.7. The van der Waals surface area contributed by atoms with Crippen molar-refractivity contribution in [1.29, 1.82) is 0 Å². The van der Waals surface area contributed by atoms with Crippen LogP contribution in [0, 0.1) is 6.92 Å². The number of methoxy groups -OCH3 is 2. The summed E-state index contributed by atoms with van der Waals surface area (Å²) in [5.74, 6) is -0.0730. The summed E-state index contributed by atoms with van der Waals surface area (Å²) in [6.07, 6.45) is -0.0443. The standard InChI is InChI=1S/C14H22N2O3/c1-11-4-6-12(7-5-11)16-14(17)9-15-8-13(19-3)10-18-2/h4-7,13,15H,8-10H2,1-3H3,(H,16,17). The van der Waals surface area contributed by atoms with Crippen molar-refractivity contribution in [2.24, 2.45) is 0 Å². The predicted octanol–water partition coefficient (Wildman–Crippen LogP) is 1.18. The molecule has 0 aliphatic rings. The highest BCUT2D eigenvalue weighted by Gasteiger charge is 2.07. The fourth-order valence-electron chi connectivity index (χ4n) is 1.58. The highest BCUT2D eigenvalue weighted by molar-refractivity contribution is 5.92. The van der Waals surface area contributed by atoms with Gasteiger partial charge in [0, 0.05) is 26.5 Å². The Hall–Kier alpha value is -1.43. The number of nitrogens with one attached hydrogen (secondary N) is 2. The highest BCUT2D eigenvalue weighted by Crippen LogP contribution is 2.07. The van der Waals surface area contributed by atoms with Crippen molar-refractivity contribution in [3.05, 3.63) is 29.8 Å². The lowest BCUT2D eigenvalue weighted by molar-refractivity contribution is -0.115. The minimum absolute atomic E-state index is 0.0443. The zero-order chi connectivity index (χ0) is 14.1. The Kier molecular flexibility index (Phi) is 7.10. The first kappa shape index (κ1) is 15.6. The molecule has 1 aromatic carbocycles. The first-order chi connectivity index (χ1) is 9.15. The number of ether oxygens (including phenoxy) is 2. The van der Waals surface area contributed by atoms with Crippen LogP contribution in [0.1, 0.15) is 5.56 Å². The van der Waals surface area contributed by atoms with E-state index in [0.717, 1.165) is 5.69 Å². The van der Waals surface area contributed by atoms with E-state index in [4.69, 9.17) is 9.47 Å². The molecule has 1 unspecified atom stereocenters. The van der Waals surface area contributed by atoms with Gasteiger partial charge in [0.1, 0.15) is 0 Å². The van der Waals surface area contributed by atoms with Gasteiger partial charge in [0.15, 0.2) is 0 Å². The summed E-state index contributed by atoms with van der Waals surface area (Å²) in [7, 11) is 3.24. The highest BCUT2D eigenvalue weighted by atomic mass is 16.5. The SMILES string of the molecule is COCC(CNCC(=O)Nc1ccc(C)cc1)OC. The molecule has 0 fully saturated rings. The van der Waals surface area contributed by atoms with E-state index in [1.165, 1.54) is 5.56 Å². The number of carbonyl (C=O) groups is 1. The molecule has 0 aliphatic carbocycles. The van der Waals surface area contributed by atoms with Crippen molar-refractivity contribution in [2.75, 3.05) is 39.2 Å². The molecule has 2 N–H and O–H groups in total. The zero-order valence-corrected chi connectivity index (χ0v) is 11.7. The molecule has 19 heavy (non-hydrogen) atoms. The second kappa shape index (κ2) is 8.63. The molecule has 0 bridgehead atoms. The van der Waals surface area contributed by atoms with E-state index < -0.39 is 0 Å². The monoisotopic (exact) mass is 266 g/mol. The molecule has 0 heterocycles. The van der Waals surface area contributed by atoms with Crippen molar-refractivity contribution in [3.63, 3.8) is 0 Å². The number of amides is 1. The van der Waals surface area contributed by atoms with Crippen LogP contribution < -0.4 is 10.6 Å². The fraction of sp³-hybridized carbons (Fsp3) is 0.500. The maximum Gasteiger partial charge on any atom is 0.238 e. The molecule has 0 saturated carbocycles. The molecule has 1 aromatic rings. The summed E-state index contributed by atoms with van der Waals surface area (Å²) in [6.45, 7) is 3.33. The summed E-state index contributed by atoms with van der Waals surface area (Å²) in [6, 6.07) is 7.69. The van der Waals surface area contributed by atoms with E-state index in [2.05, 4.69) is 10.6 Å². The van der Waals surface area contributed by atoms with Gasteiger partial charge < -0.3 is 20.1 Å². The lowest BCUT2D eigenvalue weighted by Gasteiger charge is -2.14. The average molecular weight is 266 g/mol. The van der Waals surface area contributed by atoms with Crippen LogP contribution in [0.3, 0.4) is 0 Å². The van der Waals surface area contributed by atoms with Gasteiger partial charge in [-0.3, -0.25) is 4.79 Å². The molecule has 0 saturated heterocycles. The predicted molar refractivity (Wildman–Crippen MR) is 75.4 cm³/mol. The third-order valence-corrected chi connectivity index (χ3v) is 2.68. The number of aryl methyl sites for hydroxylation is 1. The van der Waals surface area contributed by atoms with E-state index in [1.54, 1.807) is 14.2 Å². The molecule has 0 radical (unpaired) electrons. The second-order valence-electron chi connectivity index (χ2n) is 4.36. The largest absolute Gasteiger partial charge is 0.382 e. The Balaban J connectivity index is 2.26. The number of carbonyl (C=O) groups excluding carboxylic acids is 1. The number of benzene rings is 1. The minimum atomic E-state index is -0.0730. The second-order valence-corrected chi connectivity index (χ2v) is 4.36. The summed E-state index contributed by atoms with van der Waals surface area (Å²) in [5.41, 5.74) is 1.97. The van der Waals surface area contributed by atoms with Gasteiger partial charge in [-0.25, -0.2) is 0 Å². The maximum atomic E-state index is 11.7. The number of hydrogen-bond acceptors (Lipinski definition) is 4. The van der Waals surface area contributed by atoms with Crippen LogP contribution in [0.25, 0.3) is 0 Å². The van der Waals surface area contributed by atoms with E-state index in [9.17, 15) is 4.79 Å². The van der Waals surface area contributed by atoms with Crippen LogP contribution in [0.4, 0.5) is 5.69 Å². The van der Waals surface area contributed by atoms with Gasteiger partial charge in [-0.1, -0.05) is 17.7 Å². The van der Waals surface area contributed by atoms with Gasteiger partial charge in [0.2, 0.25) is 5.91 Å². The summed E-state index contributed by atoms with van der Waals surface area (Å²) in [5, 5.41) is 5.85. The molecular formula is C14H22N2O3. The third-order valence-electron chi connectivity index (χ3n) is 2.68. The molecule has 5 nitrogen and oxygen atoms in total. The van der Waals surface area contributed by atoms with E-state index in [0.29, 0.717) is 13.2 Å². The Morgan fingerprint density at radius 2 is 1.95 bits per heavy atom. The molecule has 0 spiro atoms. The number of anilines is 1. The Bertz CT molecular complexity index is 379. The molecule has 1 atom stereocenters. The van der Waals surface area contributed by atoms with Crippen molar-refractivity contribution in [2.45, 2.75) is 13.0 Å². The van der Waals surface area contributed by atoms with Gasteiger partial charge >= 0.3 is 0 Å². The molecule has 0 aliphatic heterocycles. The number of hydrogen-bond donors (Lipinski definition) is 2.